The molecule has 4 nitrogen and oxygen atoms in total. The summed E-state index contributed by atoms with van der Waals surface area (Å²) >= 11 is 5.79. The molecule has 0 aliphatic rings. The fraction of sp³-hybridized carbons (Fsp3) is 0.133. The van der Waals surface area contributed by atoms with E-state index in [0.717, 1.165) is 11.3 Å². The van der Waals surface area contributed by atoms with Crippen LogP contribution in [-0.4, -0.2) is 12.5 Å². The van der Waals surface area contributed by atoms with Crippen molar-refractivity contribution < 1.29 is 9.53 Å². The molecule has 0 fully saturated rings. The Morgan fingerprint density at radius 1 is 1.30 bits per heavy atom. The van der Waals surface area contributed by atoms with E-state index in [9.17, 15) is 4.79 Å². The minimum absolute atomic E-state index is 0.111. The Morgan fingerprint density at radius 2 is 2.10 bits per heavy atom. The van der Waals surface area contributed by atoms with Gasteiger partial charge in [-0.25, -0.2) is 0 Å². The lowest BCUT2D eigenvalue weighted by Crippen LogP contribution is -2.20. The Labute approximate surface area is 122 Å². The third-order valence-electron chi connectivity index (χ3n) is 2.63. The van der Waals surface area contributed by atoms with E-state index in [4.69, 9.17) is 22.1 Å². The summed E-state index contributed by atoms with van der Waals surface area (Å²) in [6, 6.07) is 12.4. The molecule has 1 amide bonds. The average Bonchev–Trinajstić information content (AvgIpc) is 2.37. The number of halogens is 1. The van der Waals surface area contributed by atoms with Gasteiger partial charge in [-0.05, 0) is 42.8 Å². The molecule has 0 atom stereocenters. The SMILES string of the molecule is Cc1cccc(NC(=O)COc2ccc(Cl)cc2N)c1. The van der Waals surface area contributed by atoms with Gasteiger partial charge in [-0.1, -0.05) is 23.7 Å². The highest BCUT2D eigenvalue weighted by atomic mass is 35.5. The van der Waals surface area contributed by atoms with Crippen molar-refractivity contribution in [2.75, 3.05) is 17.7 Å². The number of anilines is 2. The predicted octanol–water partition coefficient (Wildman–Crippen LogP) is 3.25. The number of nitrogens with two attached hydrogens (primary N) is 1. The van der Waals surface area contributed by atoms with Crippen LogP contribution in [0.4, 0.5) is 11.4 Å². The second-order valence-electron chi connectivity index (χ2n) is 4.39. The van der Waals surface area contributed by atoms with Gasteiger partial charge in [0.1, 0.15) is 5.75 Å². The number of nitrogen functional groups attached to an aromatic ring is 1. The minimum Gasteiger partial charge on any atom is -0.482 e. The molecule has 5 heteroatoms. The van der Waals surface area contributed by atoms with Crippen LogP contribution in [0.2, 0.25) is 5.02 Å². The first-order valence-corrected chi connectivity index (χ1v) is 6.47. The molecule has 2 aromatic carbocycles. The van der Waals surface area contributed by atoms with E-state index in [2.05, 4.69) is 5.32 Å². The fourth-order valence-electron chi connectivity index (χ4n) is 1.71. The normalized spacial score (nSPS) is 10.1. The van der Waals surface area contributed by atoms with E-state index >= 15 is 0 Å². The number of ether oxygens (including phenoxy) is 1. The van der Waals surface area contributed by atoms with Gasteiger partial charge in [0.2, 0.25) is 0 Å². The number of aryl methyl sites for hydroxylation is 1. The fourth-order valence-corrected chi connectivity index (χ4v) is 1.89. The van der Waals surface area contributed by atoms with Gasteiger partial charge in [-0.3, -0.25) is 4.79 Å². The summed E-state index contributed by atoms with van der Waals surface area (Å²) in [6.45, 7) is 1.85. The number of hydrogen-bond donors (Lipinski definition) is 2. The molecule has 0 saturated heterocycles. The van der Waals surface area contributed by atoms with Crippen molar-refractivity contribution in [3.63, 3.8) is 0 Å². The first-order chi connectivity index (χ1) is 9.54. The first kappa shape index (κ1) is 14.2. The molecule has 104 valence electrons. The van der Waals surface area contributed by atoms with E-state index < -0.39 is 0 Å². The molecule has 0 aliphatic heterocycles. The molecule has 2 rings (SSSR count). The monoisotopic (exact) mass is 290 g/mol. The maximum absolute atomic E-state index is 11.8. The number of carbonyl (C=O) groups is 1. The lowest BCUT2D eigenvalue weighted by Gasteiger charge is -2.10. The van der Waals surface area contributed by atoms with Crippen LogP contribution in [0.3, 0.4) is 0 Å². The Kier molecular flexibility index (Phi) is 4.48. The molecular formula is C15H15ClN2O2. The summed E-state index contributed by atoms with van der Waals surface area (Å²) in [5.74, 6) is 0.193. The van der Waals surface area contributed by atoms with Crippen molar-refractivity contribution in [3.05, 3.63) is 53.1 Å². The van der Waals surface area contributed by atoms with Gasteiger partial charge in [0, 0.05) is 10.7 Å². The zero-order valence-corrected chi connectivity index (χ0v) is 11.8. The summed E-state index contributed by atoms with van der Waals surface area (Å²) in [5, 5.41) is 3.28. The Morgan fingerprint density at radius 3 is 2.80 bits per heavy atom. The lowest BCUT2D eigenvalue weighted by atomic mass is 10.2. The van der Waals surface area contributed by atoms with Gasteiger partial charge in [0.05, 0.1) is 5.69 Å². The molecule has 0 spiro atoms. The molecule has 0 saturated carbocycles. The van der Waals surface area contributed by atoms with E-state index in [0.29, 0.717) is 16.5 Å². The van der Waals surface area contributed by atoms with Gasteiger partial charge in [0.25, 0.3) is 5.91 Å². The zero-order valence-electron chi connectivity index (χ0n) is 11.0. The van der Waals surface area contributed by atoms with Crippen LogP contribution < -0.4 is 15.8 Å². The Balaban J connectivity index is 1.92. The number of carbonyl (C=O) groups excluding carboxylic acids is 1. The molecular weight excluding hydrogens is 276 g/mol. The van der Waals surface area contributed by atoms with E-state index in [1.54, 1.807) is 18.2 Å². The standard InChI is InChI=1S/C15H15ClN2O2/c1-10-3-2-4-12(7-10)18-15(19)9-20-14-6-5-11(16)8-13(14)17/h2-8H,9,17H2,1H3,(H,18,19). The second kappa shape index (κ2) is 6.30. The highest BCUT2D eigenvalue weighted by molar-refractivity contribution is 6.30. The summed E-state index contributed by atoms with van der Waals surface area (Å²) in [6.07, 6.45) is 0. The molecule has 0 heterocycles. The third-order valence-corrected chi connectivity index (χ3v) is 2.87. The van der Waals surface area contributed by atoms with E-state index in [-0.39, 0.29) is 12.5 Å². The van der Waals surface area contributed by atoms with Gasteiger partial charge in [0.15, 0.2) is 6.61 Å². The number of benzene rings is 2. The Bertz CT molecular complexity index is 629. The van der Waals surface area contributed by atoms with Crippen molar-refractivity contribution >= 4 is 28.9 Å². The second-order valence-corrected chi connectivity index (χ2v) is 4.82. The number of amides is 1. The van der Waals surface area contributed by atoms with E-state index in [1.807, 2.05) is 31.2 Å². The summed E-state index contributed by atoms with van der Waals surface area (Å²) in [5.41, 5.74) is 7.96. The molecule has 3 N–H and O–H groups in total. The van der Waals surface area contributed by atoms with Gasteiger partial charge in [-0.2, -0.15) is 0 Å². The van der Waals surface area contributed by atoms with Crippen molar-refractivity contribution in [3.8, 4) is 5.75 Å². The predicted molar refractivity (Wildman–Crippen MR) is 81.2 cm³/mol. The topological polar surface area (TPSA) is 64.3 Å². The van der Waals surface area contributed by atoms with E-state index in [1.165, 1.54) is 0 Å². The summed E-state index contributed by atoms with van der Waals surface area (Å²) < 4.78 is 5.36. The van der Waals surface area contributed by atoms with Crippen molar-refractivity contribution in [2.45, 2.75) is 6.92 Å². The quantitative estimate of drug-likeness (QED) is 0.850. The smallest absolute Gasteiger partial charge is 0.262 e. The Hall–Kier alpha value is -2.20. The van der Waals surface area contributed by atoms with Crippen LogP contribution in [0.5, 0.6) is 5.75 Å². The van der Waals surface area contributed by atoms with Crippen LogP contribution in [0.15, 0.2) is 42.5 Å². The number of nitrogens with one attached hydrogen (secondary N) is 1. The summed E-state index contributed by atoms with van der Waals surface area (Å²) in [7, 11) is 0. The van der Waals surface area contributed by atoms with Crippen molar-refractivity contribution in [1.82, 2.24) is 0 Å². The molecule has 0 unspecified atom stereocenters. The zero-order chi connectivity index (χ0) is 14.5. The van der Waals surface area contributed by atoms with Crippen LogP contribution >= 0.6 is 11.6 Å². The largest absolute Gasteiger partial charge is 0.482 e. The molecule has 2 aromatic rings. The molecule has 0 aliphatic carbocycles. The highest BCUT2D eigenvalue weighted by Crippen LogP contribution is 2.24. The third kappa shape index (κ3) is 3.90. The number of hydrogen-bond acceptors (Lipinski definition) is 3. The van der Waals surface area contributed by atoms with Crippen LogP contribution in [0.1, 0.15) is 5.56 Å². The molecule has 20 heavy (non-hydrogen) atoms. The van der Waals surface area contributed by atoms with Crippen molar-refractivity contribution in [1.29, 1.82) is 0 Å². The van der Waals surface area contributed by atoms with Gasteiger partial charge < -0.3 is 15.8 Å². The molecule has 0 radical (unpaired) electrons. The summed E-state index contributed by atoms with van der Waals surface area (Å²) in [4.78, 5) is 11.8. The minimum atomic E-state index is -0.245. The van der Waals surface area contributed by atoms with Gasteiger partial charge >= 0.3 is 0 Å². The number of rotatable bonds is 4. The van der Waals surface area contributed by atoms with Crippen LogP contribution in [0.25, 0.3) is 0 Å². The molecule has 0 aromatic heterocycles. The van der Waals surface area contributed by atoms with Crippen LogP contribution in [0, 0.1) is 6.92 Å². The van der Waals surface area contributed by atoms with Crippen molar-refractivity contribution in [2.24, 2.45) is 0 Å². The van der Waals surface area contributed by atoms with Gasteiger partial charge in [-0.15, -0.1) is 0 Å². The highest BCUT2D eigenvalue weighted by Gasteiger charge is 2.06. The average molecular weight is 291 g/mol. The molecule has 0 bridgehead atoms. The maximum atomic E-state index is 11.8. The lowest BCUT2D eigenvalue weighted by molar-refractivity contribution is -0.118. The maximum Gasteiger partial charge on any atom is 0.262 e. The van der Waals surface area contributed by atoms with Crippen LogP contribution in [-0.2, 0) is 4.79 Å². The first-order valence-electron chi connectivity index (χ1n) is 6.09.